The van der Waals surface area contributed by atoms with Crippen molar-refractivity contribution in [2.75, 3.05) is 44.8 Å². The van der Waals surface area contributed by atoms with Gasteiger partial charge in [0, 0.05) is 69.5 Å². The van der Waals surface area contributed by atoms with Crippen molar-refractivity contribution in [1.29, 1.82) is 0 Å². The van der Waals surface area contributed by atoms with Crippen molar-refractivity contribution in [3.8, 4) is 11.3 Å². The number of pyridine rings is 1. The lowest BCUT2D eigenvalue weighted by molar-refractivity contribution is -0.122. The molecule has 0 aliphatic carbocycles. The predicted molar refractivity (Wildman–Crippen MR) is 141 cm³/mol. The number of aromatic nitrogens is 2. The maximum Gasteiger partial charge on any atom is 0.260 e. The molecule has 0 saturated heterocycles. The Hall–Kier alpha value is -3.56. The molecule has 1 aliphatic rings. The van der Waals surface area contributed by atoms with Crippen LogP contribution in [0.5, 0.6) is 0 Å². The number of aryl methyl sites for hydroxylation is 1. The SMILES string of the molecule is COCC(=O)N1CCCN(C(C)C)CCN(C(=O)c2c(-c3ccncc3)noc2C)Cc2ccccc21. The third-order valence-corrected chi connectivity index (χ3v) is 6.74. The molecule has 0 unspecified atom stereocenters. The van der Waals surface area contributed by atoms with Crippen LogP contribution in [0.25, 0.3) is 11.3 Å². The Morgan fingerprint density at radius 1 is 1.05 bits per heavy atom. The van der Waals surface area contributed by atoms with Crippen LogP contribution in [-0.2, 0) is 16.1 Å². The fourth-order valence-electron chi connectivity index (χ4n) is 4.74. The van der Waals surface area contributed by atoms with Gasteiger partial charge in [0.25, 0.3) is 11.8 Å². The average molecular weight is 506 g/mol. The second-order valence-electron chi connectivity index (χ2n) is 9.52. The van der Waals surface area contributed by atoms with Crippen LogP contribution in [0.3, 0.4) is 0 Å². The van der Waals surface area contributed by atoms with E-state index in [0.717, 1.165) is 29.8 Å². The van der Waals surface area contributed by atoms with E-state index in [1.807, 2.05) is 41.3 Å². The average Bonchev–Trinajstić information content (AvgIpc) is 3.27. The normalized spacial score (nSPS) is 15.4. The van der Waals surface area contributed by atoms with Crippen molar-refractivity contribution in [3.63, 3.8) is 0 Å². The zero-order chi connectivity index (χ0) is 26.4. The van der Waals surface area contributed by atoms with Gasteiger partial charge in [0.15, 0.2) is 0 Å². The van der Waals surface area contributed by atoms with Gasteiger partial charge in [-0.15, -0.1) is 0 Å². The lowest BCUT2D eigenvalue weighted by Crippen LogP contribution is -2.41. The molecule has 0 N–H and O–H groups in total. The molecular formula is C28H35N5O4. The second-order valence-corrected chi connectivity index (χ2v) is 9.52. The highest BCUT2D eigenvalue weighted by Gasteiger charge is 2.29. The molecule has 9 heteroatoms. The smallest absolute Gasteiger partial charge is 0.260 e. The maximum atomic E-state index is 14.1. The van der Waals surface area contributed by atoms with E-state index < -0.39 is 0 Å². The minimum absolute atomic E-state index is 0.0000500. The lowest BCUT2D eigenvalue weighted by Gasteiger charge is -2.30. The Labute approximate surface area is 218 Å². The monoisotopic (exact) mass is 505 g/mol. The number of carbonyl (C=O) groups is 2. The van der Waals surface area contributed by atoms with Crippen LogP contribution in [0.4, 0.5) is 5.69 Å². The first-order chi connectivity index (χ1) is 17.9. The molecule has 3 heterocycles. The number of methoxy groups -OCH3 is 1. The number of rotatable bonds is 5. The van der Waals surface area contributed by atoms with E-state index in [1.54, 1.807) is 24.2 Å². The van der Waals surface area contributed by atoms with Crippen molar-refractivity contribution in [2.24, 2.45) is 0 Å². The van der Waals surface area contributed by atoms with Gasteiger partial charge in [-0.25, -0.2) is 0 Å². The summed E-state index contributed by atoms with van der Waals surface area (Å²) in [5.41, 5.74) is 3.43. The molecule has 0 bridgehead atoms. The summed E-state index contributed by atoms with van der Waals surface area (Å²) < 4.78 is 10.7. The highest BCUT2D eigenvalue weighted by Crippen LogP contribution is 2.29. The number of carbonyl (C=O) groups excluding carboxylic acids is 2. The van der Waals surface area contributed by atoms with Gasteiger partial charge >= 0.3 is 0 Å². The number of para-hydroxylation sites is 1. The summed E-state index contributed by atoms with van der Waals surface area (Å²) in [6, 6.07) is 11.7. The Morgan fingerprint density at radius 2 is 1.81 bits per heavy atom. The van der Waals surface area contributed by atoms with E-state index in [2.05, 4.69) is 28.9 Å². The largest absolute Gasteiger partial charge is 0.375 e. The first kappa shape index (κ1) is 26.5. The van der Waals surface area contributed by atoms with Crippen LogP contribution in [0.2, 0.25) is 0 Å². The van der Waals surface area contributed by atoms with Crippen molar-refractivity contribution < 1.29 is 18.8 Å². The summed E-state index contributed by atoms with van der Waals surface area (Å²) in [5.74, 6) is 0.216. The Morgan fingerprint density at radius 3 is 2.54 bits per heavy atom. The van der Waals surface area contributed by atoms with Gasteiger partial charge in [0.2, 0.25) is 0 Å². The van der Waals surface area contributed by atoms with Gasteiger partial charge in [0.05, 0.1) is 0 Å². The van der Waals surface area contributed by atoms with Crippen molar-refractivity contribution in [2.45, 2.75) is 39.8 Å². The van der Waals surface area contributed by atoms with E-state index in [1.165, 1.54) is 7.11 Å². The number of anilines is 1. The molecule has 0 radical (unpaired) electrons. The van der Waals surface area contributed by atoms with Crippen LogP contribution in [0, 0.1) is 6.92 Å². The minimum Gasteiger partial charge on any atom is -0.375 e. The molecule has 0 spiro atoms. The molecule has 1 aliphatic heterocycles. The van der Waals surface area contributed by atoms with Gasteiger partial charge in [-0.1, -0.05) is 23.4 Å². The van der Waals surface area contributed by atoms with Crippen LogP contribution in [0.1, 0.15) is 41.9 Å². The highest BCUT2D eigenvalue weighted by atomic mass is 16.5. The lowest BCUT2D eigenvalue weighted by atomic mass is 10.1. The molecule has 0 atom stereocenters. The number of ether oxygens (including phenoxy) is 1. The van der Waals surface area contributed by atoms with Crippen LogP contribution in [0.15, 0.2) is 53.3 Å². The van der Waals surface area contributed by atoms with Gasteiger partial charge in [-0.2, -0.15) is 0 Å². The van der Waals surface area contributed by atoms with Gasteiger partial charge < -0.3 is 19.1 Å². The summed E-state index contributed by atoms with van der Waals surface area (Å²) in [5, 5.41) is 4.21. The Kier molecular flexibility index (Phi) is 8.68. The first-order valence-corrected chi connectivity index (χ1v) is 12.7. The zero-order valence-corrected chi connectivity index (χ0v) is 22.0. The van der Waals surface area contributed by atoms with E-state index in [4.69, 9.17) is 9.26 Å². The van der Waals surface area contributed by atoms with Gasteiger partial charge in [-0.05, 0) is 51.0 Å². The molecule has 3 aromatic rings. The number of amides is 2. The number of benzene rings is 1. The molecule has 1 aromatic carbocycles. The summed E-state index contributed by atoms with van der Waals surface area (Å²) in [7, 11) is 1.53. The predicted octanol–water partition coefficient (Wildman–Crippen LogP) is 3.78. The first-order valence-electron chi connectivity index (χ1n) is 12.7. The fourth-order valence-corrected chi connectivity index (χ4v) is 4.74. The minimum atomic E-state index is -0.155. The molecule has 2 amide bonds. The quantitative estimate of drug-likeness (QED) is 0.521. The number of fused-ring (bicyclic) bond motifs is 1. The third kappa shape index (κ3) is 6.06. The van der Waals surface area contributed by atoms with E-state index >= 15 is 0 Å². The van der Waals surface area contributed by atoms with E-state index in [9.17, 15) is 9.59 Å². The van der Waals surface area contributed by atoms with E-state index in [0.29, 0.717) is 49.2 Å². The second kappa shape index (κ2) is 12.1. The summed E-state index contributed by atoms with van der Waals surface area (Å²) >= 11 is 0. The number of hydrogen-bond donors (Lipinski definition) is 0. The molecular weight excluding hydrogens is 470 g/mol. The number of nitrogens with zero attached hydrogens (tertiary/aromatic N) is 5. The standard InChI is InChI=1S/C28H35N5O4/c1-20(2)31-14-7-15-33(25(34)19-36-4)24-9-6-5-8-23(24)18-32(17-16-31)28(35)26-21(3)37-30-27(26)22-10-12-29-13-11-22/h5-6,8-13,20H,7,14-19H2,1-4H3. The summed E-state index contributed by atoms with van der Waals surface area (Å²) in [6.07, 6.45) is 4.15. The topological polar surface area (TPSA) is 92.0 Å². The van der Waals surface area contributed by atoms with E-state index in [-0.39, 0.29) is 18.4 Å². The van der Waals surface area contributed by atoms with Crippen LogP contribution >= 0.6 is 0 Å². The van der Waals surface area contributed by atoms with Crippen LogP contribution in [-0.4, -0.2) is 77.7 Å². The zero-order valence-electron chi connectivity index (χ0n) is 22.0. The number of hydrogen-bond acceptors (Lipinski definition) is 7. The molecule has 0 fully saturated rings. The molecule has 2 aromatic heterocycles. The molecule has 4 rings (SSSR count). The fraction of sp³-hybridized carbons (Fsp3) is 0.429. The summed E-state index contributed by atoms with van der Waals surface area (Å²) in [4.78, 5) is 37.2. The third-order valence-electron chi connectivity index (χ3n) is 6.74. The molecule has 196 valence electrons. The Balaban J connectivity index is 1.75. The van der Waals surface area contributed by atoms with Crippen LogP contribution < -0.4 is 4.90 Å². The summed E-state index contributed by atoms with van der Waals surface area (Å²) in [6.45, 7) is 9.04. The van der Waals surface area contributed by atoms with Crippen molar-refractivity contribution in [1.82, 2.24) is 19.9 Å². The maximum absolute atomic E-state index is 14.1. The Bertz CT molecular complexity index is 1210. The molecule has 9 nitrogen and oxygen atoms in total. The molecule has 0 saturated carbocycles. The highest BCUT2D eigenvalue weighted by molar-refractivity contribution is 6.01. The van der Waals surface area contributed by atoms with Crippen molar-refractivity contribution in [3.05, 3.63) is 65.7 Å². The van der Waals surface area contributed by atoms with Gasteiger partial charge in [-0.3, -0.25) is 19.5 Å². The van der Waals surface area contributed by atoms with Gasteiger partial charge in [0.1, 0.15) is 23.6 Å². The molecule has 37 heavy (non-hydrogen) atoms. The van der Waals surface area contributed by atoms with Crippen molar-refractivity contribution >= 4 is 17.5 Å².